The highest BCUT2D eigenvalue weighted by Crippen LogP contribution is 2.30. The number of hydrogen-bond acceptors (Lipinski definition) is 4. The van der Waals surface area contributed by atoms with E-state index < -0.39 is 11.7 Å². The summed E-state index contributed by atoms with van der Waals surface area (Å²) in [4.78, 5) is 23.3. The third-order valence-electron chi connectivity index (χ3n) is 3.32. The molecular weight excluding hydrogens is 246 g/mol. The fourth-order valence-corrected chi connectivity index (χ4v) is 2.44. The van der Waals surface area contributed by atoms with E-state index in [1.165, 1.54) is 7.11 Å². The van der Waals surface area contributed by atoms with Crippen molar-refractivity contribution in [3.63, 3.8) is 0 Å². The average molecular weight is 271 g/mol. The molecule has 5 heteroatoms. The van der Waals surface area contributed by atoms with Gasteiger partial charge in [0.25, 0.3) is 0 Å². The Bertz CT molecular complexity index is 322. The smallest absolute Gasteiger partial charge is 0.407 e. The number of carbonyl (C=O) groups is 2. The number of methoxy groups -OCH3 is 1. The summed E-state index contributed by atoms with van der Waals surface area (Å²) >= 11 is 0. The molecule has 5 nitrogen and oxygen atoms in total. The van der Waals surface area contributed by atoms with Crippen LogP contribution in [-0.2, 0) is 14.3 Å². The fourth-order valence-electron chi connectivity index (χ4n) is 2.44. The van der Waals surface area contributed by atoms with E-state index in [4.69, 9.17) is 9.47 Å². The zero-order chi connectivity index (χ0) is 14.5. The van der Waals surface area contributed by atoms with Crippen molar-refractivity contribution in [3.05, 3.63) is 0 Å². The highest BCUT2D eigenvalue weighted by Gasteiger charge is 2.32. The van der Waals surface area contributed by atoms with Crippen molar-refractivity contribution < 1.29 is 19.1 Å². The van der Waals surface area contributed by atoms with E-state index >= 15 is 0 Å². The molecule has 0 saturated heterocycles. The van der Waals surface area contributed by atoms with Crippen molar-refractivity contribution in [3.8, 4) is 0 Å². The molecule has 0 aromatic carbocycles. The topological polar surface area (TPSA) is 64.6 Å². The minimum atomic E-state index is -0.502. The Labute approximate surface area is 115 Å². The highest BCUT2D eigenvalue weighted by molar-refractivity contribution is 5.73. The molecule has 1 aliphatic carbocycles. The number of ether oxygens (including phenoxy) is 2. The van der Waals surface area contributed by atoms with E-state index in [1.54, 1.807) is 0 Å². The van der Waals surface area contributed by atoms with Crippen LogP contribution in [0, 0.1) is 11.8 Å². The summed E-state index contributed by atoms with van der Waals surface area (Å²) in [7, 11) is 1.41. The van der Waals surface area contributed by atoms with Gasteiger partial charge in [0.1, 0.15) is 5.60 Å². The molecule has 19 heavy (non-hydrogen) atoms. The van der Waals surface area contributed by atoms with Gasteiger partial charge in [-0.05, 0) is 39.5 Å². The lowest BCUT2D eigenvalue weighted by Gasteiger charge is -2.30. The van der Waals surface area contributed by atoms with Gasteiger partial charge in [0.15, 0.2) is 0 Å². The zero-order valence-electron chi connectivity index (χ0n) is 12.3. The van der Waals surface area contributed by atoms with E-state index in [2.05, 4.69) is 5.32 Å². The zero-order valence-corrected chi connectivity index (χ0v) is 12.3. The first-order chi connectivity index (χ1) is 8.83. The number of nitrogens with one attached hydrogen (secondary N) is 1. The van der Waals surface area contributed by atoms with Gasteiger partial charge >= 0.3 is 12.1 Å². The number of carbonyl (C=O) groups excluding carboxylic acids is 2. The van der Waals surface area contributed by atoms with E-state index in [0.717, 1.165) is 25.7 Å². The van der Waals surface area contributed by atoms with E-state index in [0.29, 0.717) is 6.54 Å². The monoisotopic (exact) mass is 271 g/mol. The molecule has 0 heterocycles. The van der Waals surface area contributed by atoms with Crippen LogP contribution >= 0.6 is 0 Å². The lowest BCUT2D eigenvalue weighted by Crippen LogP contribution is -2.39. The first-order valence-corrected chi connectivity index (χ1v) is 6.88. The van der Waals surface area contributed by atoms with Gasteiger partial charge in [0.2, 0.25) is 0 Å². The first-order valence-electron chi connectivity index (χ1n) is 6.88. The van der Waals surface area contributed by atoms with Crippen LogP contribution in [0.2, 0.25) is 0 Å². The Hall–Kier alpha value is -1.26. The fraction of sp³-hybridized carbons (Fsp3) is 0.857. The third kappa shape index (κ3) is 5.49. The Balaban J connectivity index is 2.45. The van der Waals surface area contributed by atoms with Gasteiger partial charge in [-0.15, -0.1) is 0 Å². The summed E-state index contributed by atoms with van der Waals surface area (Å²) < 4.78 is 10.0. The first kappa shape index (κ1) is 15.8. The molecule has 2 atom stereocenters. The molecule has 1 N–H and O–H groups in total. The number of alkyl carbamates (subject to hydrolysis) is 1. The maximum absolute atomic E-state index is 11.7. The molecule has 0 unspecified atom stereocenters. The van der Waals surface area contributed by atoms with Gasteiger partial charge in [0.05, 0.1) is 13.0 Å². The molecular formula is C14H25NO4. The molecule has 0 aromatic heterocycles. The minimum absolute atomic E-state index is 0.103. The molecule has 1 fully saturated rings. The molecule has 0 spiro atoms. The van der Waals surface area contributed by atoms with Crippen LogP contribution in [-0.4, -0.2) is 31.3 Å². The van der Waals surface area contributed by atoms with Crippen LogP contribution in [0.15, 0.2) is 0 Å². The normalized spacial score (nSPS) is 23.6. The van der Waals surface area contributed by atoms with E-state index in [1.807, 2.05) is 20.8 Å². The second kappa shape index (κ2) is 6.78. The van der Waals surface area contributed by atoms with Gasteiger partial charge in [-0.1, -0.05) is 12.8 Å². The second-order valence-corrected chi connectivity index (χ2v) is 6.06. The summed E-state index contributed by atoms with van der Waals surface area (Å²) in [5.41, 5.74) is -0.502. The van der Waals surface area contributed by atoms with Gasteiger partial charge in [-0.3, -0.25) is 4.79 Å². The van der Waals surface area contributed by atoms with Crippen molar-refractivity contribution in [2.24, 2.45) is 11.8 Å². The SMILES string of the molecule is COC(=O)[C@@H]1CCCC[C@@H]1CNC(=O)OC(C)(C)C. The lowest BCUT2D eigenvalue weighted by atomic mass is 9.79. The Morgan fingerprint density at radius 1 is 1.21 bits per heavy atom. The Kier molecular flexibility index (Phi) is 5.63. The molecule has 110 valence electrons. The number of rotatable bonds is 3. The number of amides is 1. The number of hydrogen-bond donors (Lipinski definition) is 1. The predicted octanol–water partition coefficient (Wildman–Crippen LogP) is 2.49. The van der Waals surface area contributed by atoms with Crippen LogP contribution < -0.4 is 5.32 Å². The van der Waals surface area contributed by atoms with Gasteiger partial charge in [0, 0.05) is 6.54 Å². The summed E-state index contributed by atoms with van der Waals surface area (Å²) in [5, 5.41) is 2.75. The van der Waals surface area contributed by atoms with Gasteiger partial charge in [-0.25, -0.2) is 4.79 Å². The molecule has 0 bridgehead atoms. The Morgan fingerprint density at radius 2 is 1.84 bits per heavy atom. The molecule has 1 saturated carbocycles. The standard InChI is InChI=1S/C14H25NO4/c1-14(2,3)19-13(17)15-9-10-7-5-6-8-11(10)12(16)18-4/h10-11H,5-9H2,1-4H3,(H,15,17)/t10-,11-/m1/s1. The minimum Gasteiger partial charge on any atom is -0.469 e. The lowest BCUT2D eigenvalue weighted by molar-refractivity contribution is -0.148. The molecule has 1 aliphatic rings. The quantitative estimate of drug-likeness (QED) is 0.801. The maximum atomic E-state index is 11.7. The third-order valence-corrected chi connectivity index (χ3v) is 3.32. The molecule has 1 amide bonds. The van der Waals surface area contributed by atoms with Crippen molar-refractivity contribution in [2.45, 2.75) is 52.1 Å². The van der Waals surface area contributed by atoms with Crippen LogP contribution in [0.1, 0.15) is 46.5 Å². The van der Waals surface area contributed by atoms with Crippen molar-refractivity contribution in [2.75, 3.05) is 13.7 Å². The summed E-state index contributed by atoms with van der Waals surface area (Å²) in [6, 6.07) is 0. The van der Waals surface area contributed by atoms with Crippen LogP contribution in [0.4, 0.5) is 4.79 Å². The second-order valence-electron chi connectivity index (χ2n) is 6.06. The van der Waals surface area contributed by atoms with Crippen LogP contribution in [0.25, 0.3) is 0 Å². The predicted molar refractivity (Wildman–Crippen MR) is 71.7 cm³/mol. The molecule has 1 rings (SSSR count). The van der Waals surface area contributed by atoms with Gasteiger partial charge in [-0.2, -0.15) is 0 Å². The van der Waals surface area contributed by atoms with Crippen molar-refractivity contribution in [1.82, 2.24) is 5.32 Å². The Morgan fingerprint density at radius 3 is 2.42 bits per heavy atom. The van der Waals surface area contributed by atoms with E-state index in [-0.39, 0.29) is 17.8 Å². The molecule has 0 radical (unpaired) electrons. The van der Waals surface area contributed by atoms with Crippen LogP contribution in [0.3, 0.4) is 0 Å². The average Bonchev–Trinajstić information content (AvgIpc) is 2.33. The summed E-state index contributed by atoms with van der Waals surface area (Å²) in [6.45, 7) is 5.94. The maximum Gasteiger partial charge on any atom is 0.407 e. The summed E-state index contributed by atoms with van der Waals surface area (Å²) in [6.07, 6.45) is 3.49. The summed E-state index contributed by atoms with van der Waals surface area (Å²) in [5.74, 6) is -0.127. The highest BCUT2D eigenvalue weighted by atomic mass is 16.6. The van der Waals surface area contributed by atoms with Crippen molar-refractivity contribution in [1.29, 1.82) is 0 Å². The molecule has 0 aliphatic heterocycles. The molecule has 0 aromatic rings. The largest absolute Gasteiger partial charge is 0.469 e. The van der Waals surface area contributed by atoms with Crippen LogP contribution in [0.5, 0.6) is 0 Å². The van der Waals surface area contributed by atoms with E-state index in [9.17, 15) is 9.59 Å². The number of esters is 1. The van der Waals surface area contributed by atoms with Gasteiger partial charge < -0.3 is 14.8 Å². The van der Waals surface area contributed by atoms with Crippen molar-refractivity contribution >= 4 is 12.1 Å².